The van der Waals surface area contributed by atoms with Gasteiger partial charge in [0, 0.05) is 12.6 Å². The van der Waals surface area contributed by atoms with Crippen LogP contribution in [0.3, 0.4) is 0 Å². The van der Waals surface area contributed by atoms with Crippen LogP contribution in [0.15, 0.2) is 0 Å². The van der Waals surface area contributed by atoms with Gasteiger partial charge in [-0.3, -0.25) is 28.8 Å². The fraction of sp³-hybridized carbons (Fsp3) is 0.829. The lowest BCUT2D eigenvalue weighted by atomic mass is 9.82. The number of likely N-dealkylation sites (tertiary alicyclic amines) is 1. The van der Waals surface area contributed by atoms with Crippen molar-refractivity contribution in [1.82, 2.24) is 30.9 Å². The first-order valence-corrected chi connectivity index (χ1v) is 20.3. The molecule has 3 saturated carbocycles. The molecule has 4 rings (SSSR count). The van der Waals surface area contributed by atoms with Gasteiger partial charge in [-0.25, -0.2) is 13.1 Å². The third-order valence-corrected chi connectivity index (χ3v) is 11.5. The molecule has 3 aliphatic carbocycles. The Balaban J connectivity index is 1.56. The fourth-order valence-electron chi connectivity index (χ4n) is 7.89. The summed E-state index contributed by atoms with van der Waals surface area (Å²) in [5.74, 6) is -3.73. The third kappa shape index (κ3) is 10.3. The lowest BCUT2D eigenvalue weighted by Gasteiger charge is -2.38. The van der Waals surface area contributed by atoms with Crippen LogP contribution in [-0.2, 0) is 38.8 Å². The Morgan fingerprint density at radius 2 is 1.50 bits per heavy atom. The number of nitrogens with one attached hydrogen (secondary N) is 5. The maximum atomic E-state index is 14.6. The first-order valence-electron chi connectivity index (χ1n) is 18.4. The van der Waals surface area contributed by atoms with E-state index in [4.69, 9.17) is 0 Å². The molecule has 0 spiro atoms. The maximum absolute atomic E-state index is 14.6. The monoisotopic (exact) mass is 722 g/mol. The number of carbonyl (C=O) groups excluding carboxylic acids is 6. The van der Waals surface area contributed by atoms with Gasteiger partial charge in [-0.2, -0.15) is 0 Å². The quantitative estimate of drug-likeness (QED) is 0.156. The Bertz CT molecular complexity index is 1400. The Labute approximate surface area is 296 Å². The molecule has 15 heteroatoms. The van der Waals surface area contributed by atoms with Gasteiger partial charge in [0.1, 0.15) is 18.1 Å². The van der Waals surface area contributed by atoms with Gasteiger partial charge >= 0.3 is 0 Å². The van der Waals surface area contributed by atoms with E-state index in [1.807, 2.05) is 27.7 Å². The number of ketones is 1. The van der Waals surface area contributed by atoms with E-state index < -0.39 is 81.0 Å². The van der Waals surface area contributed by atoms with E-state index in [0.717, 1.165) is 57.6 Å². The van der Waals surface area contributed by atoms with Crippen LogP contribution in [0, 0.1) is 23.2 Å². The minimum atomic E-state index is -3.68. The minimum Gasteiger partial charge on any atom is -0.347 e. The summed E-state index contributed by atoms with van der Waals surface area (Å²) < 4.78 is 25.8. The van der Waals surface area contributed by atoms with Gasteiger partial charge in [0.05, 0.1) is 18.3 Å². The fourth-order valence-corrected chi connectivity index (χ4v) is 8.64. The molecule has 50 heavy (non-hydrogen) atoms. The van der Waals surface area contributed by atoms with Gasteiger partial charge in [0.2, 0.25) is 39.4 Å². The molecule has 5 amide bonds. The molecular weight excluding hydrogens is 664 g/mol. The van der Waals surface area contributed by atoms with Gasteiger partial charge in [-0.1, -0.05) is 59.8 Å². The number of fused-ring (bicyclic) bond motifs is 1. The van der Waals surface area contributed by atoms with E-state index in [9.17, 15) is 37.2 Å². The normalized spacial score (nSPS) is 25.1. The molecule has 4 aliphatic rings. The Hall–Kier alpha value is -3.07. The third-order valence-electron chi connectivity index (χ3n) is 10.7. The summed E-state index contributed by atoms with van der Waals surface area (Å²) in [7, 11) is -3.68. The number of nitrogens with zero attached hydrogens (tertiary/aromatic N) is 1. The second-order valence-corrected chi connectivity index (χ2v) is 17.8. The van der Waals surface area contributed by atoms with Crippen molar-refractivity contribution in [3.8, 4) is 0 Å². The largest absolute Gasteiger partial charge is 0.347 e. The Morgan fingerprint density at radius 3 is 2.08 bits per heavy atom. The standard InChI is InChI=1S/C35H58N6O8S/c1-7-12-25(28(42)33(46)36-23-17-18-23)37-32(45)27-24-16-11-15-22(24)19-41(27)34(47)29(35(3,4)5)39-31(44)26(21-13-9-8-10-14-21)38-30(43)20(2)40-50(6,48)49/h20-27,29,40H,7-19H2,1-6H3,(H,36,46)(H,37,45)(H,38,43)(H,39,44)/t20-,22+,24+,25+,26?,27+,29-/m1/s1. The molecular formula is C35H58N6O8S. The summed E-state index contributed by atoms with van der Waals surface area (Å²) in [6.07, 6.45) is 10.1. The summed E-state index contributed by atoms with van der Waals surface area (Å²) in [5, 5.41) is 11.3. The molecule has 0 aromatic carbocycles. The molecule has 14 nitrogen and oxygen atoms in total. The Kier molecular flexibility index (Phi) is 13.1. The average Bonchev–Trinajstić information content (AvgIpc) is 3.60. The lowest BCUT2D eigenvalue weighted by Crippen LogP contribution is -2.63. The first-order chi connectivity index (χ1) is 23.4. The van der Waals surface area contributed by atoms with Crippen molar-refractivity contribution in [3.05, 3.63) is 0 Å². The molecule has 0 bridgehead atoms. The van der Waals surface area contributed by atoms with Crippen molar-refractivity contribution >= 4 is 45.3 Å². The van der Waals surface area contributed by atoms with E-state index >= 15 is 0 Å². The second kappa shape index (κ2) is 16.5. The molecule has 1 heterocycles. The molecule has 1 unspecified atom stereocenters. The molecule has 0 aromatic heterocycles. The number of hydrogen-bond donors (Lipinski definition) is 5. The van der Waals surface area contributed by atoms with Gasteiger partial charge in [0.15, 0.2) is 0 Å². The molecule has 5 N–H and O–H groups in total. The number of carbonyl (C=O) groups is 6. The molecule has 282 valence electrons. The zero-order chi connectivity index (χ0) is 37.0. The van der Waals surface area contributed by atoms with Gasteiger partial charge in [-0.15, -0.1) is 0 Å². The average molecular weight is 723 g/mol. The number of Topliss-reactive ketones (excluding diaryl/α,β-unsaturated/α-hetero) is 1. The van der Waals surface area contributed by atoms with E-state index in [1.54, 1.807) is 4.90 Å². The van der Waals surface area contributed by atoms with E-state index in [2.05, 4.69) is 26.0 Å². The van der Waals surface area contributed by atoms with Crippen molar-refractivity contribution in [2.75, 3.05) is 12.8 Å². The van der Waals surface area contributed by atoms with Crippen LogP contribution in [0.5, 0.6) is 0 Å². The molecule has 1 saturated heterocycles. The summed E-state index contributed by atoms with van der Waals surface area (Å²) in [6.45, 7) is 9.07. The van der Waals surface area contributed by atoms with Crippen molar-refractivity contribution < 1.29 is 37.2 Å². The van der Waals surface area contributed by atoms with Gasteiger partial charge in [-0.05, 0) is 75.0 Å². The highest BCUT2D eigenvalue weighted by Crippen LogP contribution is 2.43. The zero-order valence-electron chi connectivity index (χ0n) is 30.5. The second-order valence-electron chi connectivity index (χ2n) is 16.1. The Morgan fingerprint density at radius 1 is 0.840 bits per heavy atom. The van der Waals surface area contributed by atoms with Crippen LogP contribution >= 0.6 is 0 Å². The summed E-state index contributed by atoms with van der Waals surface area (Å²) in [6, 6.07) is -5.06. The molecule has 0 aromatic rings. The number of sulfonamides is 1. The molecule has 4 fully saturated rings. The van der Waals surface area contributed by atoms with Crippen LogP contribution in [0.1, 0.15) is 112 Å². The first kappa shape index (κ1) is 39.7. The topological polar surface area (TPSA) is 200 Å². The van der Waals surface area contributed by atoms with Gasteiger partial charge < -0.3 is 26.2 Å². The van der Waals surface area contributed by atoms with E-state index in [-0.39, 0.29) is 30.2 Å². The van der Waals surface area contributed by atoms with Crippen molar-refractivity contribution in [2.24, 2.45) is 23.2 Å². The smallest absolute Gasteiger partial charge is 0.289 e. The number of hydrogen-bond acceptors (Lipinski definition) is 8. The molecule has 0 radical (unpaired) electrons. The van der Waals surface area contributed by atoms with Crippen LogP contribution in [0.2, 0.25) is 0 Å². The summed E-state index contributed by atoms with van der Waals surface area (Å²) in [5.41, 5.74) is -0.792. The SMILES string of the molecule is CCC[C@H](NC(=O)[C@@H]1[C@H]2CCC[C@H]2CN1C(=O)[C@@H](NC(=O)C(NC(=O)[C@@H](C)NS(C)(=O)=O)C1CCCCC1)C(C)(C)C)C(=O)C(=O)NC1CC1. The van der Waals surface area contributed by atoms with Crippen LogP contribution in [0.4, 0.5) is 0 Å². The predicted molar refractivity (Wildman–Crippen MR) is 187 cm³/mol. The zero-order valence-corrected chi connectivity index (χ0v) is 31.3. The summed E-state index contributed by atoms with van der Waals surface area (Å²) >= 11 is 0. The lowest BCUT2D eigenvalue weighted by molar-refractivity contribution is -0.146. The highest BCUT2D eigenvalue weighted by atomic mass is 32.2. The van der Waals surface area contributed by atoms with Gasteiger partial charge in [0.25, 0.3) is 5.91 Å². The minimum absolute atomic E-state index is 0.00486. The van der Waals surface area contributed by atoms with Crippen LogP contribution in [-0.4, -0.2) is 97.7 Å². The van der Waals surface area contributed by atoms with Crippen molar-refractivity contribution in [1.29, 1.82) is 0 Å². The predicted octanol–water partition coefficient (Wildman–Crippen LogP) is 1.28. The van der Waals surface area contributed by atoms with Crippen molar-refractivity contribution in [3.63, 3.8) is 0 Å². The molecule has 1 aliphatic heterocycles. The number of rotatable bonds is 15. The number of amides is 5. The van der Waals surface area contributed by atoms with E-state index in [1.165, 1.54) is 6.92 Å². The van der Waals surface area contributed by atoms with Crippen LogP contribution in [0.25, 0.3) is 0 Å². The molecule has 7 atom stereocenters. The summed E-state index contributed by atoms with van der Waals surface area (Å²) in [4.78, 5) is 83.2. The van der Waals surface area contributed by atoms with Crippen molar-refractivity contribution in [2.45, 2.75) is 148 Å². The highest BCUT2D eigenvalue weighted by molar-refractivity contribution is 7.88. The highest BCUT2D eigenvalue weighted by Gasteiger charge is 2.52. The maximum Gasteiger partial charge on any atom is 0.289 e. The van der Waals surface area contributed by atoms with E-state index in [0.29, 0.717) is 25.8 Å². The van der Waals surface area contributed by atoms with Crippen LogP contribution < -0.4 is 26.0 Å².